The largest absolute Gasteiger partial charge is 0.444 e. The Hall–Kier alpha value is -2.55. The molecule has 6 nitrogen and oxygen atoms in total. The van der Waals surface area contributed by atoms with Gasteiger partial charge in [-0.1, -0.05) is 23.9 Å². The third kappa shape index (κ3) is 4.10. The average molecular weight is 473 g/mol. The van der Waals surface area contributed by atoms with Crippen LogP contribution in [0.3, 0.4) is 0 Å². The van der Waals surface area contributed by atoms with E-state index in [2.05, 4.69) is 21.2 Å². The van der Waals surface area contributed by atoms with Crippen LogP contribution in [0.4, 0.5) is 11.4 Å². The highest BCUT2D eigenvalue weighted by Crippen LogP contribution is 2.42. The van der Waals surface area contributed by atoms with Crippen LogP contribution >= 0.6 is 27.7 Å². The lowest BCUT2D eigenvalue weighted by atomic mass is 10.1. The Bertz CT molecular complexity index is 1080. The first kappa shape index (κ1) is 19.8. The lowest BCUT2D eigenvalue weighted by molar-refractivity contribution is 0.0970. The summed E-state index contributed by atoms with van der Waals surface area (Å²) in [4.78, 5) is 29.0. The second kappa shape index (κ2) is 8.44. The molecule has 0 aliphatic carbocycles. The fourth-order valence-corrected chi connectivity index (χ4v) is 4.46. The molecule has 2 amide bonds. The molecule has 0 bridgehead atoms. The van der Waals surface area contributed by atoms with Gasteiger partial charge in [0.1, 0.15) is 0 Å². The van der Waals surface area contributed by atoms with Crippen molar-refractivity contribution in [2.45, 2.75) is 9.79 Å². The van der Waals surface area contributed by atoms with Gasteiger partial charge in [-0.3, -0.25) is 9.59 Å². The Labute approximate surface area is 180 Å². The summed E-state index contributed by atoms with van der Waals surface area (Å²) in [6.07, 6.45) is 0. The summed E-state index contributed by atoms with van der Waals surface area (Å²) in [5.74, 6) is -0.204. The van der Waals surface area contributed by atoms with Gasteiger partial charge in [0.25, 0.3) is 11.8 Å². The van der Waals surface area contributed by atoms with E-state index in [4.69, 9.17) is 9.15 Å². The highest BCUT2D eigenvalue weighted by molar-refractivity contribution is 9.10. The van der Waals surface area contributed by atoms with E-state index in [0.717, 1.165) is 15.5 Å². The van der Waals surface area contributed by atoms with Crippen LogP contribution in [0.25, 0.3) is 0 Å². The van der Waals surface area contributed by atoms with E-state index >= 15 is 0 Å². The third-order valence-electron chi connectivity index (χ3n) is 4.41. The van der Waals surface area contributed by atoms with Crippen LogP contribution in [-0.4, -0.2) is 32.1 Å². The number of hydrogen-bond donors (Lipinski definition) is 1. The number of ether oxygens (including phenoxy) is 1. The highest BCUT2D eigenvalue weighted by atomic mass is 79.9. The van der Waals surface area contributed by atoms with Crippen LogP contribution in [0.15, 0.2) is 73.5 Å². The molecule has 0 radical (unpaired) electrons. The zero-order chi connectivity index (χ0) is 20.4. The summed E-state index contributed by atoms with van der Waals surface area (Å²) >= 11 is 4.69. The number of furan rings is 1. The van der Waals surface area contributed by atoms with Gasteiger partial charge in [-0.25, -0.2) is 0 Å². The van der Waals surface area contributed by atoms with Gasteiger partial charge in [0, 0.05) is 29.1 Å². The lowest BCUT2D eigenvalue weighted by Gasteiger charge is -2.23. The summed E-state index contributed by atoms with van der Waals surface area (Å²) in [5.41, 5.74) is 2.05. The van der Waals surface area contributed by atoms with Crippen molar-refractivity contribution in [2.75, 3.05) is 30.5 Å². The zero-order valence-corrected chi connectivity index (χ0v) is 17.9. The van der Waals surface area contributed by atoms with Gasteiger partial charge in [0.15, 0.2) is 10.4 Å². The van der Waals surface area contributed by atoms with Crippen LogP contribution in [0, 0.1) is 0 Å². The normalized spacial score (nSPS) is 12.9. The predicted octanol–water partition coefficient (Wildman–Crippen LogP) is 5.05. The Morgan fingerprint density at radius 3 is 2.76 bits per heavy atom. The molecule has 2 heterocycles. The smallest absolute Gasteiger partial charge is 0.291 e. The van der Waals surface area contributed by atoms with Crippen LogP contribution in [0.5, 0.6) is 0 Å². The molecule has 29 heavy (non-hydrogen) atoms. The van der Waals surface area contributed by atoms with E-state index in [9.17, 15) is 9.59 Å². The Morgan fingerprint density at radius 1 is 1.17 bits per heavy atom. The number of hydrogen-bond acceptors (Lipinski definition) is 5. The van der Waals surface area contributed by atoms with Crippen LogP contribution in [0.1, 0.15) is 20.9 Å². The fourth-order valence-electron chi connectivity index (χ4n) is 3.04. The molecule has 0 unspecified atom stereocenters. The molecule has 0 saturated carbocycles. The molecule has 0 spiro atoms. The minimum atomic E-state index is -0.345. The van der Waals surface area contributed by atoms with Crippen LogP contribution < -0.4 is 10.2 Å². The monoisotopic (exact) mass is 472 g/mol. The molecular weight excluding hydrogens is 456 g/mol. The van der Waals surface area contributed by atoms with Crippen molar-refractivity contribution in [1.29, 1.82) is 0 Å². The SMILES string of the molecule is COCCN1C(=O)c2ccccc2Sc2cc(NC(=O)c3ccc(Br)o3)ccc21. The first-order valence-corrected chi connectivity index (χ1v) is 10.5. The number of methoxy groups -OCH3 is 1. The maximum atomic E-state index is 13.1. The number of nitrogens with zero attached hydrogens (tertiary/aromatic N) is 1. The van der Waals surface area contributed by atoms with Gasteiger partial charge in [-0.15, -0.1) is 0 Å². The number of benzene rings is 2. The van der Waals surface area contributed by atoms with Gasteiger partial charge in [-0.2, -0.15) is 0 Å². The Balaban J connectivity index is 1.69. The van der Waals surface area contributed by atoms with E-state index in [-0.39, 0.29) is 17.6 Å². The molecule has 0 atom stereocenters. The number of nitrogens with one attached hydrogen (secondary N) is 1. The van der Waals surface area contributed by atoms with Crippen molar-refractivity contribution in [2.24, 2.45) is 0 Å². The van der Waals surface area contributed by atoms with E-state index in [0.29, 0.717) is 29.1 Å². The number of carbonyl (C=O) groups excluding carboxylic acids is 2. The second-order valence-electron chi connectivity index (χ2n) is 6.29. The molecule has 0 saturated heterocycles. The average Bonchev–Trinajstić information content (AvgIpc) is 3.11. The molecule has 0 fully saturated rings. The number of amides is 2. The first-order valence-electron chi connectivity index (χ1n) is 8.85. The van der Waals surface area contributed by atoms with Crippen molar-refractivity contribution < 1.29 is 18.7 Å². The number of anilines is 2. The molecule has 1 aliphatic heterocycles. The van der Waals surface area contributed by atoms with Crippen molar-refractivity contribution in [3.05, 3.63) is 70.6 Å². The number of fused-ring (bicyclic) bond motifs is 2. The Kier molecular flexibility index (Phi) is 5.75. The topological polar surface area (TPSA) is 71.8 Å². The molecule has 4 rings (SSSR count). The van der Waals surface area contributed by atoms with Crippen LogP contribution in [0.2, 0.25) is 0 Å². The minimum absolute atomic E-state index is 0.0684. The summed E-state index contributed by atoms with van der Waals surface area (Å²) < 4.78 is 11.0. The van der Waals surface area contributed by atoms with Gasteiger partial charge in [0.2, 0.25) is 0 Å². The summed E-state index contributed by atoms with van der Waals surface area (Å²) in [7, 11) is 1.61. The van der Waals surface area contributed by atoms with Gasteiger partial charge in [0.05, 0.1) is 17.9 Å². The highest BCUT2D eigenvalue weighted by Gasteiger charge is 2.27. The van der Waals surface area contributed by atoms with E-state index in [1.165, 1.54) is 11.8 Å². The summed E-state index contributed by atoms with van der Waals surface area (Å²) in [6, 6.07) is 16.3. The summed E-state index contributed by atoms with van der Waals surface area (Å²) in [5, 5.41) is 2.84. The second-order valence-corrected chi connectivity index (χ2v) is 8.15. The molecule has 3 aromatic rings. The lowest BCUT2D eigenvalue weighted by Crippen LogP contribution is -2.33. The van der Waals surface area contributed by atoms with E-state index in [1.807, 2.05) is 36.4 Å². The number of rotatable bonds is 5. The standard InChI is InChI=1S/C21H17BrN2O4S/c1-27-11-10-24-15-7-6-13(23-20(25)16-8-9-19(22)28-16)12-18(15)29-17-5-3-2-4-14(17)21(24)26/h2-9,12H,10-11H2,1H3,(H,23,25). The molecule has 1 aromatic heterocycles. The first-order chi connectivity index (χ1) is 14.1. The maximum Gasteiger partial charge on any atom is 0.291 e. The fraction of sp³-hybridized carbons (Fsp3) is 0.143. The molecule has 148 valence electrons. The third-order valence-corrected chi connectivity index (χ3v) is 5.96. The van der Waals surface area contributed by atoms with Gasteiger partial charge < -0.3 is 19.4 Å². The van der Waals surface area contributed by atoms with Crippen molar-refractivity contribution in [3.63, 3.8) is 0 Å². The summed E-state index contributed by atoms with van der Waals surface area (Å²) in [6.45, 7) is 0.854. The number of halogens is 1. The Morgan fingerprint density at radius 2 is 2.00 bits per heavy atom. The quantitative estimate of drug-likeness (QED) is 0.562. The maximum absolute atomic E-state index is 13.1. The van der Waals surface area contributed by atoms with E-state index in [1.54, 1.807) is 30.2 Å². The molecule has 1 aliphatic rings. The molecule has 1 N–H and O–H groups in total. The van der Waals surface area contributed by atoms with Crippen molar-refractivity contribution in [1.82, 2.24) is 0 Å². The molecular formula is C21H17BrN2O4S. The minimum Gasteiger partial charge on any atom is -0.444 e. The molecule has 8 heteroatoms. The van der Waals surface area contributed by atoms with Gasteiger partial charge in [-0.05, 0) is 58.4 Å². The zero-order valence-electron chi connectivity index (χ0n) is 15.5. The van der Waals surface area contributed by atoms with Crippen molar-refractivity contribution >= 4 is 50.9 Å². The predicted molar refractivity (Wildman–Crippen MR) is 115 cm³/mol. The number of carbonyl (C=O) groups is 2. The van der Waals surface area contributed by atoms with Gasteiger partial charge >= 0.3 is 0 Å². The van der Waals surface area contributed by atoms with E-state index < -0.39 is 0 Å². The van der Waals surface area contributed by atoms with Crippen LogP contribution in [-0.2, 0) is 4.74 Å². The molecule has 2 aromatic carbocycles. The van der Waals surface area contributed by atoms with Crippen molar-refractivity contribution in [3.8, 4) is 0 Å².